The van der Waals surface area contributed by atoms with Gasteiger partial charge in [-0.25, -0.2) is 0 Å². The van der Waals surface area contributed by atoms with Crippen molar-refractivity contribution < 1.29 is 9.84 Å². The van der Waals surface area contributed by atoms with Crippen LogP contribution in [-0.2, 0) is 6.54 Å². The molecule has 4 rings (SSSR count). The van der Waals surface area contributed by atoms with E-state index in [0.29, 0.717) is 34.5 Å². The van der Waals surface area contributed by atoms with Crippen molar-refractivity contribution in [1.82, 2.24) is 19.2 Å². The molecule has 0 fully saturated rings. The average molecular weight is 467 g/mol. The lowest BCUT2D eigenvalue weighted by Gasteiger charge is -2.14. The summed E-state index contributed by atoms with van der Waals surface area (Å²) in [5.41, 5.74) is 2.94. The van der Waals surface area contributed by atoms with Gasteiger partial charge in [-0.1, -0.05) is 55.4 Å². The molecule has 2 aromatic heterocycles. The fraction of sp³-hybridized carbons (Fsp3) is 0.400. The van der Waals surface area contributed by atoms with E-state index in [1.54, 1.807) is 4.57 Å². The SMILES string of the molecule is Cc1ccc(OCC(O)CSc2nnc3n(CCC(C)C)c(=O)c4ccccc4n23)c(C)c1. The predicted octanol–water partition coefficient (Wildman–Crippen LogP) is 4.24. The zero-order chi connectivity index (χ0) is 23.5. The van der Waals surface area contributed by atoms with Gasteiger partial charge in [-0.05, 0) is 49.9 Å². The topological polar surface area (TPSA) is 81.7 Å². The van der Waals surface area contributed by atoms with Gasteiger partial charge >= 0.3 is 0 Å². The van der Waals surface area contributed by atoms with E-state index in [-0.39, 0.29) is 12.2 Å². The van der Waals surface area contributed by atoms with Crippen LogP contribution in [-0.4, -0.2) is 42.7 Å². The largest absolute Gasteiger partial charge is 0.491 e. The number of aliphatic hydroxyl groups is 1. The Bertz CT molecular complexity index is 1330. The van der Waals surface area contributed by atoms with Crippen molar-refractivity contribution >= 4 is 28.4 Å². The molecular formula is C25H30N4O3S. The lowest BCUT2D eigenvalue weighted by molar-refractivity contribution is 0.126. The van der Waals surface area contributed by atoms with Crippen molar-refractivity contribution in [2.24, 2.45) is 5.92 Å². The first kappa shape index (κ1) is 23.3. The number of hydrogen-bond donors (Lipinski definition) is 1. The molecule has 2 heterocycles. The summed E-state index contributed by atoms with van der Waals surface area (Å²) in [6, 6.07) is 13.5. The quantitative estimate of drug-likeness (QED) is 0.372. The third kappa shape index (κ3) is 5.07. The van der Waals surface area contributed by atoms with Crippen molar-refractivity contribution in [2.45, 2.75) is 51.9 Å². The maximum Gasteiger partial charge on any atom is 0.262 e. The standard InChI is InChI=1S/C25H30N4O3S/c1-16(2)11-12-28-23(31)20-7-5-6-8-21(20)29-24(28)26-27-25(29)33-15-19(30)14-32-22-10-9-17(3)13-18(22)4/h5-10,13,16,19,30H,11-12,14-15H2,1-4H3. The van der Waals surface area contributed by atoms with Gasteiger partial charge in [0.25, 0.3) is 5.56 Å². The summed E-state index contributed by atoms with van der Waals surface area (Å²) >= 11 is 1.40. The molecule has 1 N–H and O–H groups in total. The highest BCUT2D eigenvalue weighted by atomic mass is 32.2. The first-order valence-electron chi connectivity index (χ1n) is 11.2. The Balaban J connectivity index is 1.56. The number of thioether (sulfide) groups is 1. The maximum absolute atomic E-state index is 13.1. The number of para-hydroxylation sites is 1. The van der Waals surface area contributed by atoms with Gasteiger partial charge in [0.05, 0.1) is 17.0 Å². The Hall–Kier alpha value is -2.84. The maximum atomic E-state index is 13.1. The second kappa shape index (κ2) is 9.97. The van der Waals surface area contributed by atoms with Crippen LogP contribution in [0.2, 0.25) is 0 Å². The van der Waals surface area contributed by atoms with Gasteiger partial charge < -0.3 is 9.84 Å². The van der Waals surface area contributed by atoms with E-state index in [0.717, 1.165) is 23.3 Å². The molecule has 174 valence electrons. The molecule has 0 radical (unpaired) electrons. The number of nitrogens with zero attached hydrogens (tertiary/aromatic N) is 4. The van der Waals surface area contributed by atoms with Crippen molar-refractivity contribution in [3.05, 3.63) is 63.9 Å². The molecule has 8 heteroatoms. The highest BCUT2D eigenvalue weighted by Gasteiger charge is 2.18. The Morgan fingerprint density at radius 3 is 2.67 bits per heavy atom. The Labute approximate surface area is 197 Å². The number of fused-ring (bicyclic) bond motifs is 3. The minimum atomic E-state index is -0.679. The number of hydrogen-bond acceptors (Lipinski definition) is 6. The first-order chi connectivity index (χ1) is 15.8. The minimum absolute atomic E-state index is 0.0513. The second-order valence-corrected chi connectivity index (χ2v) is 9.81. The molecule has 33 heavy (non-hydrogen) atoms. The van der Waals surface area contributed by atoms with Crippen LogP contribution in [0.3, 0.4) is 0 Å². The van der Waals surface area contributed by atoms with E-state index in [9.17, 15) is 9.90 Å². The molecule has 0 saturated heterocycles. The third-order valence-electron chi connectivity index (χ3n) is 5.57. The average Bonchev–Trinajstić information content (AvgIpc) is 3.21. The van der Waals surface area contributed by atoms with E-state index in [2.05, 4.69) is 30.1 Å². The summed E-state index contributed by atoms with van der Waals surface area (Å²) < 4.78 is 9.44. The Morgan fingerprint density at radius 1 is 1.12 bits per heavy atom. The van der Waals surface area contributed by atoms with E-state index >= 15 is 0 Å². The molecule has 0 spiro atoms. The van der Waals surface area contributed by atoms with Gasteiger partial charge in [-0.2, -0.15) is 0 Å². The summed E-state index contributed by atoms with van der Waals surface area (Å²) in [4.78, 5) is 13.1. The Kier molecular flexibility index (Phi) is 7.05. The van der Waals surface area contributed by atoms with E-state index < -0.39 is 6.10 Å². The highest BCUT2D eigenvalue weighted by molar-refractivity contribution is 7.99. The van der Waals surface area contributed by atoms with E-state index in [1.165, 1.54) is 17.3 Å². The number of aromatic nitrogens is 4. The van der Waals surface area contributed by atoms with Crippen LogP contribution in [0, 0.1) is 19.8 Å². The summed E-state index contributed by atoms with van der Waals surface area (Å²) in [6.45, 7) is 9.08. The van der Waals surface area contributed by atoms with Gasteiger partial charge in [0.15, 0.2) is 5.16 Å². The Morgan fingerprint density at radius 2 is 1.91 bits per heavy atom. The molecule has 4 aromatic rings. The smallest absolute Gasteiger partial charge is 0.262 e. The fourth-order valence-corrected chi connectivity index (χ4v) is 4.63. The minimum Gasteiger partial charge on any atom is -0.491 e. The zero-order valence-electron chi connectivity index (χ0n) is 19.5. The van der Waals surface area contributed by atoms with Gasteiger partial charge in [-0.3, -0.25) is 13.8 Å². The number of benzene rings is 2. The molecule has 0 aliphatic carbocycles. The normalized spacial score (nSPS) is 12.7. The van der Waals surface area contributed by atoms with E-state index in [1.807, 2.05) is 54.6 Å². The summed E-state index contributed by atoms with van der Waals surface area (Å²) in [7, 11) is 0. The van der Waals surface area contributed by atoms with Gasteiger partial charge in [0.1, 0.15) is 12.4 Å². The molecule has 0 amide bonds. The van der Waals surface area contributed by atoms with Crippen LogP contribution < -0.4 is 10.3 Å². The third-order valence-corrected chi connectivity index (χ3v) is 6.65. The summed E-state index contributed by atoms with van der Waals surface area (Å²) in [5.74, 6) is 2.17. The van der Waals surface area contributed by atoms with Gasteiger partial charge in [-0.15, -0.1) is 10.2 Å². The molecule has 1 atom stereocenters. The van der Waals surface area contributed by atoms with Crippen LogP contribution in [0.15, 0.2) is 52.4 Å². The monoisotopic (exact) mass is 466 g/mol. The molecular weight excluding hydrogens is 436 g/mol. The summed E-state index contributed by atoms with van der Waals surface area (Å²) in [6.07, 6.45) is 0.193. The molecule has 1 unspecified atom stereocenters. The van der Waals surface area contributed by atoms with Crippen LogP contribution in [0.1, 0.15) is 31.4 Å². The van der Waals surface area contributed by atoms with Crippen LogP contribution in [0.4, 0.5) is 0 Å². The number of rotatable bonds is 9. The van der Waals surface area contributed by atoms with Crippen molar-refractivity contribution in [3.63, 3.8) is 0 Å². The van der Waals surface area contributed by atoms with E-state index in [4.69, 9.17) is 4.74 Å². The predicted molar refractivity (Wildman–Crippen MR) is 132 cm³/mol. The molecule has 0 aliphatic rings. The lowest BCUT2D eigenvalue weighted by Crippen LogP contribution is -2.24. The highest BCUT2D eigenvalue weighted by Crippen LogP contribution is 2.23. The van der Waals surface area contributed by atoms with Gasteiger partial charge in [0.2, 0.25) is 5.78 Å². The molecule has 0 bridgehead atoms. The first-order valence-corrected chi connectivity index (χ1v) is 12.2. The molecule has 2 aromatic carbocycles. The van der Waals surface area contributed by atoms with Crippen LogP contribution in [0.25, 0.3) is 16.7 Å². The van der Waals surface area contributed by atoms with Crippen LogP contribution >= 0.6 is 11.8 Å². The summed E-state index contributed by atoms with van der Waals surface area (Å²) in [5, 5.41) is 20.5. The van der Waals surface area contributed by atoms with Crippen molar-refractivity contribution in [2.75, 3.05) is 12.4 Å². The number of aryl methyl sites for hydroxylation is 3. The lowest BCUT2D eigenvalue weighted by atomic mass is 10.1. The molecule has 0 aliphatic heterocycles. The van der Waals surface area contributed by atoms with Crippen molar-refractivity contribution in [1.29, 1.82) is 0 Å². The zero-order valence-corrected chi connectivity index (χ0v) is 20.3. The number of ether oxygens (including phenoxy) is 1. The second-order valence-electron chi connectivity index (χ2n) is 8.82. The molecule has 7 nitrogen and oxygen atoms in total. The fourth-order valence-electron chi connectivity index (χ4n) is 3.78. The van der Waals surface area contributed by atoms with Crippen molar-refractivity contribution in [3.8, 4) is 5.75 Å². The van der Waals surface area contributed by atoms with Crippen LogP contribution in [0.5, 0.6) is 5.75 Å². The molecule has 0 saturated carbocycles. The van der Waals surface area contributed by atoms with Gasteiger partial charge in [0, 0.05) is 12.3 Å². The number of aliphatic hydroxyl groups excluding tert-OH is 1.